The summed E-state index contributed by atoms with van der Waals surface area (Å²) < 4.78 is 0.611. The van der Waals surface area contributed by atoms with Crippen LogP contribution in [0.1, 0.15) is 28.0 Å². The summed E-state index contributed by atoms with van der Waals surface area (Å²) in [6, 6.07) is 11.2. The molecule has 0 saturated heterocycles. The number of H-pyrrole nitrogens is 1. The summed E-state index contributed by atoms with van der Waals surface area (Å²) in [6.07, 6.45) is 2.86. The van der Waals surface area contributed by atoms with Crippen molar-refractivity contribution in [3.8, 4) is 0 Å². The van der Waals surface area contributed by atoms with Gasteiger partial charge in [0, 0.05) is 0 Å². The zero-order valence-corrected chi connectivity index (χ0v) is 14.9. The molecule has 0 saturated carbocycles. The Labute approximate surface area is 147 Å². The lowest BCUT2D eigenvalue weighted by atomic mass is 10.2. The molecule has 0 radical (unpaired) electrons. The third-order valence-corrected chi connectivity index (χ3v) is 5.32. The van der Waals surface area contributed by atoms with Crippen molar-refractivity contribution in [3.05, 3.63) is 51.4 Å². The molecule has 0 aliphatic heterocycles. The molecule has 1 atom stereocenters. The summed E-state index contributed by atoms with van der Waals surface area (Å²) in [6.45, 7) is 0. The van der Waals surface area contributed by atoms with Gasteiger partial charge in [0.05, 0.1) is 26.3 Å². The number of hydrogen-bond acceptors (Lipinski definition) is 4. The summed E-state index contributed by atoms with van der Waals surface area (Å²) in [5.41, 5.74) is 1.88. The van der Waals surface area contributed by atoms with Crippen LogP contribution in [-0.2, 0) is 0 Å². The average Bonchev–Trinajstić information content (AvgIpc) is 3.17. The number of aromatic nitrogens is 2. The van der Waals surface area contributed by atoms with Crippen molar-refractivity contribution in [1.29, 1.82) is 0 Å². The first-order valence-corrected chi connectivity index (χ1v) is 9.76. The smallest absolute Gasteiger partial charge is 0.261 e. The molecule has 0 bridgehead atoms. The number of carbonyl (C=O) groups excluding carboxylic acids is 1. The van der Waals surface area contributed by atoms with Gasteiger partial charge in [-0.15, -0.1) is 11.3 Å². The van der Waals surface area contributed by atoms with Crippen LogP contribution in [0.3, 0.4) is 0 Å². The lowest BCUT2D eigenvalue weighted by molar-refractivity contribution is 0.0938. The Kier molecular flexibility index (Phi) is 5.25. The fraction of sp³-hybridized carbons (Fsp3) is 0.250. The Morgan fingerprint density at radius 1 is 1.39 bits per heavy atom. The molecule has 0 fully saturated rings. The van der Waals surface area contributed by atoms with Gasteiger partial charge >= 0.3 is 0 Å². The minimum atomic E-state index is -0.150. The number of thiophene rings is 1. The number of hydrogen-bond donors (Lipinski definition) is 2. The number of halogens is 1. The molecule has 0 aliphatic rings. The van der Waals surface area contributed by atoms with E-state index in [1.54, 1.807) is 23.9 Å². The number of thioether (sulfide) groups is 1. The minimum absolute atomic E-state index is 0.117. The van der Waals surface area contributed by atoms with Crippen LogP contribution in [0.25, 0.3) is 11.0 Å². The van der Waals surface area contributed by atoms with Crippen molar-refractivity contribution >= 4 is 51.6 Å². The van der Waals surface area contributed by atoms with Crippen molar-refractivity contribution < 1.29 is 4.79 Å². The Bertz CT molecular complexity index is 781. The zero-order valence-electron chi connectivity index (χ0n) is 12.5. The van der Waals surface area contributed by atoms with E-state index in [1.165, 1.54) is 11.3 Å². The van der Waals surface area contributed by atoms with Crippen molar-refractivity contribution in [1.82, 2.24) is 15.3 Å². The quantitative estimate of drug-likeness (QED) is 0.676. The lowest BCUT2D eigenvalue weighted by Gasteiger charge is -2.15. The highest BCUT2D eigenvalue weighted by molar-refractivity contribution is 7.98. The van der Waals surface area contributed by atoms with Gasteiger partial charge in [0.1, 0.15) is 5.82 Å². The van der Waals surface area contributed by atoms with E-state index in [4.69, 9.17) is 11.6 Å². The first-order valence-electron chi connectivity index (χ1n) is 7.17. The molecule has 1 unspecified atom stereocenters. The van der Waals surface area contributed by atoms with Crippen molar-refractivity contribution in [2.45, 2.75) is 12.5 Å². The summed E-state index contributed by atoms with van der Waals surface area (Å²) in [5, 5.41) is 3.06. The first kappa shape index (κ1) is 16.4. The van der Waals surface area contributed by atoms with E-state index < -0.39 is 0 Å². The fourth-order valence-electron chi connectivity index (χ4n) is 2.32. The molecule has 7 heteroatoms. The van der Waals surface area contributed by atoms with E-state index in [0.29, 0.717) is 9.21 Å². The number of amides is 1. The average molecular weight is 366 g/mol. The van der Waals surface area contributed by atoms with E-state index in [-0.39, 0.29) is 11.9 Å². The number of nitrogens with zero attached hydrogens (tertiary/aromatic N) is 1. The van der Waals surface area contributed by atoms with Crippen LogP contribution in [0.4, 0.5) is 0 Å². The molecule has 0 aliphatic carbocycles. The highest BCUT2D eigenvalue weighted by Crippen LogP contribution is 2.24. The van der Waals surface area contributed by atoms with E-state index in [2.05, 4.69) is 21.5 Å². The molecule has 3 rings (SSSR count). The number of benzene rings is 1. The normalized spacial score (nSPS) is 12.4. The van der Waals surface area contributed by atoms with Crippen molar-refractivity contribution in [3.63, 3.8) is 0 Å². The number of para-hydroxylation sites is 2. The van der Waals surface area contributed by atoms with Gasteiger partial charge in [0.2, 0.25) is 0 Å². The van der Waals surface area contributed by atoms with Gasteiger partial charge in [-0.1, -0.05) is 23.7 Å². The van der Waals surface area contributed by atoms with Crippen LogP contribution in [-0.4, -0.2) is 27.9 Å². The summed E-state index contributed by atoms with van der Waals surface area (Å²) >= 11 is 8.94. The molecule has 2 heterocycles. The molecular formula is C16H16ClN3OS2. The summed E-state index contributed by atoms with van der Waals surface area (Å²) in [4.78, 5) is 20.9. The molecular weight excluding hydrogens is 350 g/mol. The maximum absolute atomic E-state index is 12.4. The number of carbonyl (C=O) groups is 1. The van der Waals surface area contributed by atoms with Crippen molar-refractivity contribution in [2.75, 3.05) is 12.0 Å². The maximum atomic E-state index is 12.4. The van der Waals surface area contributed by atoms with Gasteiger partial charge in [0.25, 0.3) is 5.91 Å². The third-order valence-electron chi connectivity index (χ3n) is 3.45. The second kappa shape index (κ2) is 7.38. The molecule has 2 aromatic heterocycles. The Morgan fingerprint density at radius 2 is 2.22 bits per heavy atom. The van der Waals surface area contributed by atoms with Gasteiger partial charge in [-0.2, -0.15) is 11.8 Å². The Hall–Kier alpha value is -1.50. The minimum Gasteiger partial charge on any atom is -0.341 e. The molecule has 1 aromatic carbocycles. The number of rotatable bonds is 6. The fourth-order valence-corrected chi connectivity index (χ4v) is 3.73. The summed E-state index contributed by atoms with van der Waals surface area (Å²) in [5.74, 6) is 1.61. The number of nitrogens with one attached hydrogen (secondary N) is 2. The standard InChI is InChI=1S/C16H16ClN3OS2/c1-22-9-8-12(20-16(21)13-6-7-14(17)23-13)15-18-10-4-2-3-5-11(10)19-15/h2-7,12H,8-9H2,1H3,(H,18,19)(H,20,21). The van der Waals surface area contributed by atoms with Crippen LogP contribution in [0.2, 0.25) is 4.34 Å². The van der Waals surface area contributed by atoms with E-state index >= 15 is 0 Å². The largest absolute Gasteiger partial charge is 0.341 e. The van der Waals surface area contributed by atoms with Gasteiger partial charge in [-0.25, -0.2) is 4.98 Å². The molecule has 2 N–H and O–H groups in total. The monoisotopic (exact) mass is 365 g/mol. The van der Waals surface area contributed by atoms with Crippen LogP contribution >= 0.6 is 34.7 Å². The summed E-state index contributed by atoms with van der Waals surface area (Å²) in [7, 11) is 0. The molecule has 3 aromatic rings. The Balaban J connectivity index is 1.83. The second-order valence-corrected chi connectivity index (χ2v) is 7.75. The lowest BCUT2D eigenvalue weighted by Crippen LogP contribution is -2.29. The van der Waals surface area contributed by atoms with Crippen LogP contribution in [0, 0.1) is 0 Å². The van der Waals surface area contributed by atoms with Gasteiger partial charge < -0.3 is 10.3 Å². The number of aromatic amines is 1. The molecule has 23 heavy (non-hydrogen) atoms. The zero-order chi connectivity index (χ0) is 16.2. The highest BCUT2D eigenvalue weighted by Gasteiger charge is 2.19. The topological polar surface area (TPSA) is 57.8 Å². The third kappa shape index (κ3) is 3.88. The first-order chi connectivity index (χ1) is 11.2. The molecule has 120 valence electrons. The van der Waals surface area contributed by atoms with Gasteiger partial charge in [-0.3, -0.25) is 4.79 Å². The van der Waals surface area contributed by atoms with Crippen LogP contribution in [0.5, 0.6) is 0 Å². The van der Waals surface area contributed by atoms with Gasteiger partial charge in [-0.05, 0) is 42.7 Å². The maximum Gasteiger partial charge on any atom is 0.261 e. The van der Waals surface area contributed by atoms with Crippen LogP contribution in [0.15, 0.2) is 36.4 Å². The molecule has 4 nitrogen and oxygen atoms in total. The number of imidazole rings is 1. The van der Waals surface area contributed by atoms with E-state index in [0.717, 1.165) is 29.0 Å². The van der Waals surface area contributed by atoms with E-state index in [9.17, 15) is 4.79 Å². The highest BCUT2D eigenvalue weighted by atomic mass is 35.5. The number of fused-ring (bicyclic) bond motifs is 1. The SMILES string of the molecule is CSCCC(NC(=O)c1ccc(Cl)s1)c1nc2ccccc2[nH]1. The second-order valence-electron chi connectivity index (χ2n) is 5.05. The van der Waals surface area contributed by atoms with Gasteiger partial charge in [0.15, 0.2) is 0 Å². The van der Waals surface area contributed by atoms with Crippen molar-refractivity contribution in [2.24, 2.45) is 0 Å². The molecule has 1 amide bonds. The predicted molar refractivity (Wildman–Crippen MR) is 98.6 cm³/mol. The Morgan fingerprint density at radius 3 is 2.91 bits per heavy atom. The van der Waals surface area contributed by atoms with Crippen LogP contribution < -0.4 is 5.32 Å². The molecule has 0 spiro atoms. The van der Waals surface area contributed by atoms with E-state index in [1.807, 2.05) is 24.3 Å². The predicted octanol–water partition coefficient (Wildman–Crippen LogP) is 4.50.